The first-order valence-corrected chi connectivity index (χ1v) is 12.9. The first-order chi connectivity index (χ1) is 15.4. The molecule has 0 unspecified atom stereocenters. The molecule has 4 aliphatic carbocycles. The summed E-state index contributed by atoms with van der Waals surface area (Å²) >= 11 is 0. The van der Waals surface area contributed by atoms with Gasteiger partial charge in [0.25, 0.3) is 0 Å². The van der Waals surface area contributed by atoms with Crippen molar-refractivity contribution in [3.8, 4) is 0 Å². The predicted molar refractivity (Wildman–Crippen MR) is 131 cm³/mol. The summed E-state index contributed by atoms with van der Waals surface area (Å²) < 4.78 is 6.24. The second kappa shape index (κ2) is 7.32. The fraction of sp³-hybridized carbons (Fsp3) is 0.621. The SMILES string of the molecule is CC(C)O[C@H]1CC[C@@]2(C)C(=CC[C@@H]3[C@@H]2CC[C@]2(C)C(c4ccc5[nH]ncc5c4)=CC[C@@H]32)C1. The van der Waals surface area contributed by atoms with Crippen molar-refractivity contribution in [3.05, 3.63) is 47.7 Å². The van der Waals surface area contributed by atoms with Crippen molar-refractivity contribution in [3.63, 3.8) is 0 Å². The zero-order valence-corrected chi connectivity index (χ0v) is 20.2. The maximum atomic E-state index is 6.24. The van der Waals surface area contributed by atoms with Gasteiger partial charge < -0.3 is 4.74 Å². The van der Waals surface area contributed by atoms with Gasteiger partial charge in [-0.1, -0.05) is 37.6 Å². The largest absolute Gasteiger partial charge is 0.375 e. The Kier molecular flexibility index (Phi) is 4.74. The molecule has 1 aromatic carbocycles. The molecule has 6 rings (SSSR count). The Hall–Kier alpha value is -1.87. The fourth-order valence-electron chi connectivity index (χ4n) is 8.25. The van der Waals surface area contributed by atoms with Crippen LogP contribution in [0.3, 0.4) is 0 Å². The molecule has 170 valence electrons. The molecule has 3 nitrogen and oxygen atoms in total. The van der Waals surface area contributed by atoms with Gasteiger partial charge in [0, 0.05) is 5.39 Å². The molecule has 0 saturated heterocycles. The third-order valence-electron chi connectivity index (χ3n) is 9.86. The minimum absolute atomic E-state index is 0.304. The molecular weight excluding hydrogens is 392 g/mol. The number of ether oxygens (including phenoxy) is 1. The van der Waals surface area contributed by atoms with E-state index in [4.69, 9.17) is 4.74 Å². The Labute approximate surface area is 192 Å². The van der Waals surface area contributed by atoms with Crippen LogP contribution in [0.1, 0.15) is 78.2 Å². The zero-order valence-electron chi connectivity index (χ0n) is 20.2. The minimum Gasteiger partial charge on any atom is -0.375 e. The maximum Gasteiger partial charge on any atom is 0.0650 e. The molecule has 32 heavy (non-hydrogen) atoms. The van der Waals surface area contributed by atoms with Crippen LogP contribution in [0.2, 0.25) is 0 Å². The van der Waals surface area contributed by atoms with Gasteiger partial charge in [0.05, 0.1) is 23.9 Å². The molecule has 1 N–H and O–H groups in total. The maximum absolute atomic E-state index is 6.24. The summed E-state index contributed by atoms with van der Waals surface area (Å²) in [4.78, 5) is 0. The second-order valence-corrected chi connectivity index (χ2v) is 11.8. The van der Waals surface area contributed by atoms with Crippen molar-refractivity contribution >= 4 is 16.5 Å². The van der Waals surface area contributed by atoms with E-state index in [1.54, 1.807) is 11.1 Å². The Morgan fingerprint density at radius 3 is 2.72 bits per heavy atom. The highest BCUT2D eigenvalue weighted by atomic mass is 16.5. The van der Waals surface area contributed by atoms with Crippen LogP contribution in [0.5, 0.6) is 0 Å². The molecular formula is C29H38N2O. The van der Waals surface area contributed by atoms with Gasteiger partial charge in [0.15, 0.2) is 0 Å². The summed E-state index contributed by atoms with van der Waals surface area (Å²) in [6.45, 7) is 9.52. The van der Waals surface area contributed by atoms with E-state index in [0.717, 1.165) is 29.7 Å². The van der Waals surface area contributed by atoms with Crippen molar-refractivity contribution in [2.75, 3.05) is 0 Å². The normalized spacial score (nSPS) is 38.8. The lowest BCUT2D eigenvalue weighted by molar-refractivity contribution is -0.0525. The van der Waals surface area contributed by atoms with E-state index in [1.165, 1.54) is 49.5 Å². The number of nitrogens with zero attached hydrogens (tertiary/aromatic N) is 1. The first kappa shape index (κ1) is 20.7. The van der Waals surface area contributed by atoms with Gasteiger partial charge in [0.1, 0.15) is 0 Å². The third kappa shape index (κ3) is 3.00. The molecule has 0 bridgehead atoms. The van der Waals surface area contributed by atoms with Crippen LogP contribution >= 0.6 is 0 Å². The van der Waals surface area contributed by atoms with E-state index in [2.05, 4.69) is 68.2 Å². The average Bonchev–Trinajstić information content (AvgIpc) is 3.36. The number of allylic oxidation sites excluding steroid dienone is 3. The van der Waals surface area contributed by atoms with E-state index >= 15 is 0 Å². The molecule has 2 fully saturated rings. The Balaban J connectivity index is 1.28. The topological polar surface area (TPSA) is 37.9 Å². The number of benzene rings is 1. The van der Waals surface area contributed by atoms with Gasteiger partial charge in [-0.25, -0.2) is 0 Å². The fourth-order valence-corrected chi connectivity index (χ4v) is 8.25. The van der Waals surface area contributed by atoms with Gasteiger partial charge in [-0.3, -0.25) is 5.10 Å². The van der Waals surface area contributed by atoms with Gasteiger partial charge in [0.2, 0.25) is 0 Å². The average molecular weight is 431 g/mol. The number of hydrogen-bond acceptors (Lipinski definition) is 2. The number of nitrogens with one attached hydrogen (secondary N) is 1. The molecule has 3 heteroatoms. The van der Waals surface area contributed by atoms with E-state index in [1.807, 2.05) is 6.20 Å². The molecule has 0 amide bonds. The summed E-state index contributed by atoms with van der Waals surface area (Å²) in [5.74, 6) is 2.43. The number of fused-ring (bicyclic) bond motifs is 6. The summed E-state index contributed by atoms with van der Waals surface area (Å²) in [6.07, 6.45) is 16.9. The third-order valence-corrected chi connectivity index (χ3v) is 9.86. The highest BCUT2D eigenvalue weighted by Crippen LogP contribution is 2.66. The monoisotopic (exact) mass is 430 g/mol. The lowest BCUT2D eigenvalue weighted by Crippen LogP contribution is -2.50. The number of hydrogen-bond donors (Lipinski definition) is 1. The Morgan fingerprint density at radius 2 is 1.88 bits per heavy atom. The van der Waals surface area contributed by atoms with Crippen molar-refractivity contribution in [2.24, 2.45) is 28.6 Å². The van der Waals surface area contributed by atoms with E-state index in [0.29, 0.717) is 23.0 Å². The standard InChI is InChI=1S/C29H38N2O/c1-18(2)32-22-11-13-28(3)21(16-22)6-7-23-25-9-8-24(29(25,4)14-12-26(23)28)19-5-10-27-20(15-19)17-30-31-27/h5-6,8,10,15,17-18,22-23,25-26H,7,9,11-14,16H2,1-4H3,(H,30,31)/t22-,23-,25-,26-,28-,29+/m0/s1. The van der Waals surface area contributed by atoms with E-state index in [9.17, 15) is 0 Å². The highest BCUT2D eigenvalue weighted by Gasteiger charge is 2.56. The number of aromatic amines is 1. The van der Waals surface area contributed by atoms with Gasteiger partial charge >= 0.3 is 0 Å². The summed E-state index contributed by atoms with van der Waals surface area (Å²) in [7, 11) is 0. The van der Waals surface area contributed by atoms with Crippen LogP contribution in [-0.2, 0) is 4.74 Å². The molecule has 0 aliphatic heterocycles. The lowest BCUT2D eigenvalue weighted by Gasteiger charge is -2.58. The smallest absolute Gasteiger partial charge is 0.0650 e. The lowest BCUT2D eigenvalue weighted by atomic mass is 9.47. The molecule has 4 aliphatic rings. The quantitative estimate of drug-likeness (QED) is 0.518. The van der Waals surface area contributed by atoms with E-state index < -0.39 is 0 Å². The molecule has 2 aromatic rings. The van der Waals surface area contributed by atoms with Gasteiger partial charge in [-0.2, -0.15) is 5.10 Å². The van der Waals surface area contributed by atoms with Crippen molar-refractivity contribution in [1.82, 2.24) is 10.2 Å². The van der Waals surface area contributed by atoms with E-state index in [-0.39, 0.29) is 0 Å². The van der Waals surface area contributed by atoms with Crippen molar-refractivity contribution < 1.29 is 4.74 Å². The summed E-state index contributed by atoms with van der Waals surface area (Å²) in [6, 6.07) is 6.86. The highest BCUT2D eigenvalue weighted by molar-refractivity contribution is 5.84. The van der Waals surface area contributed by atoms with Crippen LogP contribution in [-0.4, -0.2) is 22.4 Å². The molecule has 1 aromatic heterocycles. The van der Waals surface area contributed by atoms with Crippen LogP contribution in [0.25, 0.3) is 16.5 Å². The van der Waals surface area contributed by atoms with Crippen molar-refractivity contribution in [2.45, 2.75) is 84.8 Å². The summed E-state index contributed by atoms with van der Waals surface area (Å²) in [5.41, 5.74) is 6.55. The number of H-pyrrole nitrogens is 1. The van der Waals surface area contributed by atoms with Gasteiger partial charge in [-0.05, 0) is 111 Å². The van der Waals surface area contributed by atoms with Crippen molar-refractivity contribution in [1.29, 1.82) is 0 Å². The molecule has 0 radical (unpaired) electrons. The number of rotatable bonds is 3. The number of aromatic nitrogens is 2. The van der Waals surface area contributed by atoms with Crippen LogP contribution in [0.15, 0.2) is 42.1 Å². The van der Waals surface area contributed by atoms with Crippen LogP contribution in [0.4, 0.5) is 0 Å². The van der Waals surface area contributed by atoms with Gasteiger partial charge in [-0.15, -0.1) is 0 Å². The zero-order chi connectivity index (χ0) is 22.1. The Morgan fingerprint density at radius 1 is 1.03 bits per heavy atom. The van der Waals surface area contributed by atoms with Crippen LogP contribution < -0.4 is 0 Å². The molecule has 2 saturated carbocycles. The van der Waals surface area contributed by atoms with Crippen LogP contribution in [0, 0.1) is 28.6 Å². The second-order valence-electron chi connectivity index (χ2n) is 11.8. The molecule has 0 spiro atoms. The molecule has 6 atom stereocenters. The Bertz CT molecular complexity index is 1090. The predicted octanol–water partition coefficient (Wildman–Crippen LogP) is 7.31. The first-order valence-electron chi connectivity index (χ1n) is 12.9. The molecule has 1 heterocycles. The summed E-state index contributed by atoms with van der Waals surface area (Å²) in [5, 5.41) is 8.55. The minimum atomic E-state index is 0.304.